The molecule has 0 saturated carbocycles. The lowest BCUT2D eigenvalue weighted by molar-refractivity contribution is 0.415. The van der Waals surface area contributed by atoms with Gasteiger partial charge < -0.3 is 9.30 Å². The first-order chi connectivity index (χ1) is 6.22. The highest BCUT2D eigenvalue weighted by atomic mass is 32.1. The van der Waals surface area contributed by atoms with Gasteiger partial charge in [-0.25, -0.2) is 0 Å². The second-order valence-electron chi connectivity index (χ2n) is 2.76. The third-order valence-corrected chi connectivity index (χ3v) is 3.54. The van der Waals surface area contributed by atoms with Crippen molar-refractivity contribution in [2.75, 3.05) is 7.11 Å². The van der Waals surface area contributed by atoms with E-state index in [0.717, 1.165) is 15.2 Å². The number of fused-ring (bicyclic) bond motifs is 1. The fourth-order valence-corrected chi connectivity index (χ4v) is 2.46. The maximum Gasteiger partial charge on any atom is 0.161 e. The SMILES string of the molecule is COc1ccc2sc(=S)n(C)c2c1. The zero-order valence-corrected chi connectivity index (χ0v) is 9.04. The van der Waals surface area contributed by atoms with E-state index >= 15 is 0 Å². The number of rotatable bonds is 1. The van der Waals surface area contributed by atoms with Gasteiger partial charge >= 0.3 is 0 Å². The Morgan fingerprint density at radius 1 is 1.46 bits per heavy atom. The monoisotopic (exact) mass is 211 g/mol. The Kier molecular flexibility index (Phi) is 2.09. The number of ether oxygens (including phenoxy) is 1. The van der Waals surface area contributed by atoms with Crippen LogP contribution in [0.3, 0.4) is 0 Å². The quantitative estimate of drug-likeness (QED) is 0.673. The lowest BCUT2D eigenvalue weighted by Crippen LogP contribution is -1.87. The second kappa shape index (κ2) is 3.12. The highest BCUT2D eigenvalue weighted by Crippen LogP contribution is 2.25. The molecule has 0 aliphatic rings. The minimum atomic E-state index is 0.871. The summed E-state index contributed by atoms with van der Waals surface area (Å²) in [6.07, 6.45) is 0. The molecule has 1 heterocycles. The van der Waals surface area contributed by atoms with Crippen molar-refractivity contribution in [3.63, 3.8) is 0 Å². The van der Waals surface area contributed by atoms with Crippen molar-refractivity contribution >= 4 is 33.8 Å². The van der Waals surface area contributed by atoms with Crippen LogP contribution in [0.2, 0.25) is 0 Å². The molecule has 0 amide bonds. The van der Waals surface area contributed by atoms with Crippen LogP contribution in [-0.4, -0.2) is 11.7 Å². The molecule has 0 radical (unpaired) electrons. The number of thiazole rings is 1. The third kappa shape index (κ3) is 1.36. The number of benzene rings is 1. The summed E-state index contributed by atoms with van der Waals surface area (Å²) in [5.41, 5.74) is 1.13. The Morgan fingerprint density at radius 3 is 2.92 bits per heavy atom. The Hall–Kier alpha value is -0.870. The van der Waals surface area contributed by atoms with Gasteiger partial charge in [0.25, 0.3) is 0 Å². The van der Waals surface area contributed by atoms with Crippen LogP contribution in [0, 0.1) is 3.95 Å². The fourth-order valence-electron chi connectivity index (χ4n) is 1.23. The molecule has 0 aliphatic heterocycles. The molecule has 0 unspecified atom stereocenters. The number of hydrogen-bond donors (Lipinski definition) is 0. The van der Waals surface area contributed by atoms with E-state index in [0.29, 0.717) is 0 Å². The average molecular weight is 211 g/mol. The topological polar surface area (TPSA) is 14.2 Å². The van der Waals surface area contributed by atoms with E-state index in [2.05, 4.69) is 0 Å². The fraction of sp³-hybridized carbons (Fsp3) is 0.222. The highest BCUT2D eigenvalue weighted by Gasteiger charge is 2.02. The first kappa shape index (κ1) is 8.72. The number of hydrogen-bond acceptors (Lipinski definition) is 3. The molecule has 0 bridgehead atoms. The summed E-state index contributed by atoms with van der Waals surface area (Å²) in [4.78, 5) is 0. The van der Waals surface area contributed by atoms with E-state index in [4.69, 9.17) is 17.0 Å². The van der Waals surface area contributed by atoms with Crippen molar-refractivity contribution in [3.8, 4) is 5.75 Å². The lowest BCUT2D eigenvalue weighted by atomic mass is 10.3. The van der Waals surface area contributed by atoms with Crippen molar-refractivity contribution in [2.24, 2.45) is 7.05 Å². The van der Waals surface area contributed by atoms with Crippen molar-refractivity contribution < 1.29 is 4.74 Å². The molecular formula is C9H9NOS2. The van der Waals surface area contributed by atoms with Crippen LogP contribution in [0.4, 0.5) is 0 Å². The van der Waals surface area contributed by atoms with Gasteiger partial charge in [0.15, 0.2) is 3.95 Å². The van der Waals surface area contributed by atoms with E-state index in [1.807, 2.05) is 29.8 Å². The van der Waals surface area contributed by atoms with Crippen LogP contribution in [0.25, 0.3) is 10.2 Å². The van der Waals surface area contributed by atoms with Crippen LogP contribution < -0.4 is 4.74 Å². The summed E-state index contributed by atoms with van der Waals surface area (Å²) in [6.45, 7) is 0. The Balaban J connectivity index is 2.82. The molecule has 0 N–H and O–H groups in total. The van der Waals surface area contributed by atoms with Gasteiger partial charge in [0.05, 0.1) is 17.3 Å². The van der Waals surface area contributed by atoms with Crippen LogP contribution in [0.1, 0.15) is 0 Å². The molecule has 1 aromatic carbocycles. The van der Waals surface area contributed by atoms with E-state index in [-0.39, 0.29) is 0 Å². The average Bonchev–Trinajstić information content (AvgIpc) is 2.43. The van der Waals surface area contributed by atoms with Gasteiger partial charge in [-0.15, -0.1) is 11.3 Å². The van der Waals surface area contributed by atoms with E-state index in [9.17, 15) is 0 Å². The molecule has 2 nitrogen and oxygen atoms in total. The van der Waals surface area contributed by atoms with Crippen molar-refractivity contribution in [2.45, 2.75) is 0 Å². The maximum atomic E-state index is 5.17. The minimum absolute atomic E-state index is 0.871. The van der Waals surface area contributed by atoms with Gasteiger partial charge in [-0.1, -0.05) is 0 Å². The molecule has 0 spiro atoms. The van der Waals surface area contributed by atoms with E-state index in [1.165, 1.54) is 4.70 Å². The maximum absolute atomic E-state index is 5.17. The summed E-state index contributed by atoms with van der Waals surface area (Å²) in [5.74, 6) is 0.871. The predicted octanol–water partition coefficient (Wildman–Crippen LogP) is 2.98. The zero-order valence-electron chi connectivity index (χ0n) is 7.40. The summed E-state index contributed by atoms with van der Waals surface area (Å²) in [6, 6.07) is 5.99. The van der Waals surface area contributed by atoms with Crippen LogP contribution in [0.5, 0.6) is 5.75 Å². The second-order valence-corrected chi connectivity index (χ2v) is 4.44. The summed E-state index contributed by atoms with van der Waals surface area (Å²) in [5, 5.41) is 0. The first-order valence-corrected chi connectivity index (χ1v) is 5.08. The molecule has 0 fully saturated rings. The Labute approximate surface area is 85.4 Å². The number of aryl methyl sites for hydroxylation is 1. The van der Waals surface area contributed by atoms with E-state index in [1.54, 1.807) is 18.4 Å². The molecule has 0 atom stereocenters. The first-order valence-electron chi connectivity index (χ1n) is 3.86. The van der Waals surface area contributed by atoms with Gasteiger partial charge in [0, 0.05) is 13.1 Å². The van der Waals surface area contributed by atoms with Crippen molar-refractivity contribution in [3.05, 3.63) is 22.2 Å². The predicted molar refractivity (Wildman–Crippen MR) is 58.2 cm³/mol. The highest BCUT2D eigenvalue weighted by molar-refractivity contribution is 7.73. The Bertz CT molecular complexity index is 498. The standard InChI is InChI=1S/C9H9NOS2/c1-10-7-5-6(11-2)3-4-8(7)13-9(10)12/h3-5H,1-2H3. The van der Waals surface area contributed by atoms with Gasteiger partial charge in [0.1, 0.15) is 5.75 Å². The lowest BCUT2D eigenvalue weighted by Gasteiger charge is -1.99. The largest absolute Gasteiger partial charge is 0.497 e. The summed E-state index contributed by atoms with van der Waals surface area (Å²) < 4.78 is 9.24. The van der Waals surface area contributed by atoms with Gasteiger partial charge in [0.2, 0.25) is 0 Å². The molecule has 1 aromatic heterocycles. The van der Waals surface area contributed by atoms with Crippen molar-refractivity contribution in [1.82, 2.24) is 4.57 Å². The van der Waals surface area contributed by atoms with Crippen LogP contribution >= 0.6 is 23.6 Å². The minimum Gasteiger partial charge on any atom is -0.497 e. The van der Waals surface area contributed by atoms with Gasteiger partial charge in [-0.3, -0.25) is 0 Å². The van der Waals surface area contributed by atoms with Crippen LogP contribution in [-0.2, 0) is 7.05 Å². The van der Waals surface area contributed by atoms with Gasteiger partial charge in [-0.05, 0) is 24.4 Å². The molecular weight excluding hydrogens is 202 g/mol. The zero-order chi connectivity index (χ0) is 9.42. The van der Waals surface area contributed by atoms with Crippen molar-refractivity contribution in [1.29, 1.82) is 0 Å². The van der Waals surface area contributed by atoms with Crippen LogP contribution in [0.15, 0.2) is 18.2 Å². The molecule has 2 rings (SSSR count). The molecule has 2 aromatic rings. The molecule has 4 heteroatoms. The summed E-state index contributed by atoms with van der Waals surface area (Å²) >= 11 is 6.79. The normalized spacial score (nSPS) is 10.6. The number of methoxy groups -OCH3 is 1. The smallest absolute Gasteiger partial charge is 0.161 e. The Morgan fingerprint density at radius 2 is 2.23 bits per heavy atom. The number of nitrogens with zero attached hydrogens (tertiary/aromatic N) is 1. The summed E-state index contributed by atoms with van der Waals surface area (Å²) in [7, 11) is 3.64. The van der Waals surface area contributed by atoms with Gasteiger partial charge in [-0.2, -0.15) is 0 Å². The molecule has 0 saturated heterocycles. The third-order valence-electron chi connectivity index (χ3n) is 2.00. The van der Waals surface area contributed by atoms with E-state index < -0.39 is 0 Å². The number of aromatic nitrogens is 1. The molecule has 0 aliphatic carbocycles. The molecule has 13 heavy (non-hydrogen) atoms. The molecule has 68 valence electrons.